The van der Waals surface area contributed by atoms with Crippen molar-refractivity contribution in [2.24, 2.45) is 0 Å². The molecule has 3 heteroatoms. The zero-order valence-corrected chi connectivity index (χ0v) is 18.9. The molecule has 34 heavy (non-hydrogen) atoms. The lowest BCUT2D eigenvalue weighted by Gasteiger charge is -2.01. The van der Waals surface area contributed by atoms with Gasteiger partial charge in [-0.3, -0.25) is 0 Å². The van der Waals surface area contributed by atoms with Crippen molar-refractivity contribution in [2.45, 2.75) is 32.6 Å². The average molecular weight is 453 g/mol. The van der Waals surface area contributed by atoms with Crippen LogP contribution in [0.25, 0.3) is 10.8 Å². The zero-order chi connectivity index (χ0) is 23.9. The minimum absolute atomic E-state index is 0.250. The number of halogens is 3. The Kier molecular flexibility index (Phi) is 7.36. The van der Waals surface area contributed by atoms with Gasteiger partial charge in [0.2, 0.25) is 0 Å². The predicted octanol–water partition coefficient (Wildman–Crippen LogP) is 7.79. The van der Waals surface area contributed by atoms with E-state index >= 15 is 0 Å². The standard InChI is InChI=1S/C31H23F3/c1-2-3-4-5-22-6-8-23(9-7-22)10-11-25-19-30(33)29(31(34)20-25)17-13-24-12-14-27-21-28(32)16-15-26(27)18-24/h6-9,12,14-16,18-21H,2-5H2,1H3. The smallest absolute Gasteiger partial charge is 0.143 e. The van der Waals surface area contributed by atoms with Crippen molar-refractivity contribution >= 4 is 10.8 Å². The van der Waals surface area contributed by atoms with Crippen molar-refractivity contribution in [1.82, 2.24) is 0 Å². The second kappa shape index (κ2) is 10.8. The molecule has 0 heterocycles. The number of fused-ring (bicyclic) bond motifs is 1. The molecule has 0 bridgehead atoms. The summed E-state index contributed by atoms with van der Waals surface area (Å²) in [5.41, 5.74) is 2.58. The van der Waals surface area contributed by atoms with Crippen molar-refractivity contribution < 1.29 is 13.2 Å². The number of rotatable bonds is 4. The van der Waals surface area contributed by atoms with Gasteiger partial charge in [0, 0.05) is 16.7 Å². The molecule has 0 saturated heterocycles. The van der Waals surface area contributed by atoms with Gasteiger partial charge in [-0.15, -0.1) is 0 Å². The zero-order valence-electron chi connectivity index (χ0n) is 18.9. The van der Waals surface area contributed by atoms with Crippen LogP contribution in [0.2, 0.25) is 0 Å². The Balaban J connectivity index is 1.51. The summed E-state index contributed by atoms with van der Waals surface area (Å²) in [5.74, 6) is 9.33. The van der Waals surface area contributed by atoms with E-state index in [9.17, 15) is 13.2 Å². The van der Waals surface area contributed by atoms with Crippen molar-refractivity contribution in [1.29, 1.82) is 0 Å². The van der Waals surface area contributed by atoms with Gasteiger partial charge in [0.15, 0.2) is 0 Å². The van der Waals surface area contributed by atoms with Crippen LogP contribution in [0.5, 0.6) is 0 Å². The molecule has 0 saturated carbocycles. The fraction of sp³-hybridized carbons (Fsp3) is 0.161. The third kappa shape index (κ3) is 5.89. The molecule has 0 aliphatic rings. The fourth-order valence-corrected chi connectivity index (χ4v) is 3.67. The van der Waals surface area contributed by atoms with Crippen molar-refractivity contribution in [3.8, 4) is 23.7 Å². The predicted molar refractivity (Wildman–Crippen MR) is 132 cm³/mol. The Bertz CT molecular complexity index is 1420. The van der Waals surface area contributed by atoms with Gasteiger partial charge < -0.3 is 0 Å². The lowest BCUT2D eigenvalue weighted by molar-refractivity contribution is 0.577. The van der Waals surface area contributed by atoms with Crippen LogP contribution >= 0.6 is 0 Å². The normalized spacial score (nSPS) is 10.4. The highest BCUT2D eigenvalue weighted by Gasteiger charge is 2.08. The van der Waals surface area contributed by atoms with Gasteiger partial charge in [-0.05, 0) is 77.7 Å². The van der Waals surface area contributed by atoms with Gasteiger partial charge in [0.25, 0.3) is 0 Å². The molecular weight excluding hydrogens is 429 g/mol. The van der Waals surface area contributed by atoms with Crippen LogP contribution in [0.1, 0.15) is 54.0 Å². The molecule has 0 spiro atoms. The second-order valence-corrected chi connectivity index (χ2v) is 8.18. The Morgan fingerprint density at radius 3 is 1.94 bits per heavy atom. The summed E-state index contributed by atoms with van der Waals surface area (Å²) in [6, 6.07) is 19.9. The Labute approximate surface area is 198 Å². The van der Waals surface area contributed by atoms with Crippen LogP contribution in [0.4, 0.5) is 13.2 Å². The van der Waals surface area contributed by atoms with E-state index in [2.05, 4.69) is 30.6 Å². The first-order chi connectivity index (χ1) is 16.5. The first-order valence-electron chi connectivity index (χ1n) is 11.3. The summed E-state index contributed by atoms with van der Waals surface area (Å²) in [5, 5.41) is 1.53. The van der Waals surface area contributed by atoms with E-state index in [4.69, 9.17) is 0 Å². The highest BCUT2D eigenvalue weighted by molar-refractivity contribution is 5.84. The van der Waals surface area contributed by atoms with Crippen molar-refractivity contribution in [3.63, 3.8) is 0 Å². The SMILES string of the molecule is CCCCCc1ccc(C#Cc2cc(F)c(C#Cc3ccc4cc(F)ccc4c3)c(F)c2)cc1. The molecule has 4 aromatic carbocycles. The summed E-state index contributed by atoms with van der Waals surface area (Å²) in [7, 11) is 0. The van der Waals surface area contributed by atoms with E-state index in [1.807, 2.05) is 24.3 Å². The molecule has 0 unspecified atom stereocenters. The maximum Gasteiger partial charge on any atom is 0.143 e. The number of aryl methyl sites for hydroxylation is 1. The molecular formula is C31H23F3. The molecule has 0 aliphatic carbocycles. The van der Waals surface area contributed by atoms with Gasteiger partial charge in [0.05, 0.1) is 5.56 Å². The number of benzene rings is 4. The molecule has 4 rings (SSSR count). The van der Waals surface area contributed by atoms with E-state index < -0.39 is 11.6 Å². The number of unbranched alkanes of at least 4 members (excludes halogenated alkanes) is 2. The molecule has 0 radical (unpaired) electrons. The molecule has 0 amide bonds. The highest BCUT2D eigenvalue weighted by atomic mass is 19.1. The van der Waals surface area contributed by atoms with Crippen LogP contribution in [0.15, 0.2) is 72.8 Å². The third-order valence-corrected chi connectivity index (χ3v) is 5.55. The largest absolute Gasteiger partial charge is 0.207 e. The van der Waals surface area contributed by atoms with E-state index in [0.717, 1.165) is 29.2 Å². The monoisotopic (exact) mass is 452 g/mol. The quantitative estimate of drug-likeness (QED) is 0.219. The molecule has 0 aliphatic heterocycles. The fourth-order valence-electron chi connectivity index (χ4n) is 3.67. The molecule has 0 aromatic heterocycles. The summed E-state index contributed by atoms with van der Waals surface area (Å²) in [6.07, 6.45) is 4.60. The van der Waals surface area contributed by atoms with E-state index in [-0.39, 0.29) is 16.9 Å². The van der Waals surface area contributed by atoms with Crippen molar-refractivity contribution in [3.05, 3.63) is 118 Å². The molecule has 0 nitrogen and oxygen atoms in total. The molecule has 0 atom stereocenters. The highest BCUT2D eigenvalue weighted by Crippen LogP contribution is 2.18. The molecule has 168 valence electrons. The topological polar surface area (TPSA) is 0 Å². The number of hydrogen-bond donors (Lipinski definition) is 0. The van der Waals surface area contributed by atoms with Gasteiger partial charge >= 0.3 is 0 Å². The van der Waals surface area contributed by atoms with Crippen molar-refractivity contribution in [2.75, 3.05) is 0 Å². The Hall–Kier alpha value is -3.95. The van der Waals surface area contributed by atoms with Gasteiger partial charge in [0.1, 0.15) is 17.5 Å². The second-order valence-electron chi connectivity index (χ2n) is 8.18. The van der Waals surface area contributed by atoms with Crippen LogP contribution in [0.3, 0.4) is 0 Å². The summed E-state index contributed by atoms with van der Waals surface area (Å²) in [6.45, 7) is 2.18. The summed E-state index contributed by atoms with van der Waals surface area (Å²) in [4.78, 5) is 0. The lowest BCUT2D eigenvalue weighted by Crippen LogP contribution is -1.92. The average Bonchev–Trinajstić information content (AvgIpc) is 2.83. The maximum absolute atomic E-state index is 14.6. The summed E-state index contributed by atoms with van der Waals surface area (Å²) < 4.78 is 42.5. The van der Waals surface area contributed by atoms with Gasteiger partial charge in [-0.1, -0.05) is 67.7 Å². The number of hydrogen-bond acceptors (Lipinski definition) is 0. The maximum atomic E-state index is 14.6. The van der Waals surface area contributed by atoms with E-state index in [1.165, 1.54) is 42.7 Å². The van der Waals surface area contributed by atoms with E-state index in [1.54, 1.807) is 24.3 Å². The Morgan fingerprint density at radius 2 is 1.21 bits per heavy atom. The lowest BCUT2D eigenvalue weighted by atomic mass is 10.0. The first-order valence-corrected chi connectivity index (χ1v) is 11.3. The van der Waals surface area contributed by atoms with Crippen LogP contribution in [-0.4, -0.2) is 0 Å². The summed E-state index contributed by atoms with van der Waals surface area (Å²) >= 11 is 0. The minimum Gasteiger partial charge on any atom is -0.207 e. The van der Waals surface area contributed by atoms with Gasteiger partial charge in [-0.2, -0.15) is 0 Å². The molecule has 0 N–H and O–H groups in total. The third-order valence-electron chi connectivity index (χ3n) is 5.55. The first kappa shape index (κ1) is 23.2. The van der Waals surface area contributed by atoms with Crippen LogP contribution in [-0.2, 0) is 6.42 Å². The molecule has 0 fully saturated rings. The van der Waals surface area contributed by atoms with Gasteiger partial charge in [-0.25, -0.2) is 13.2 Å². The molecule has 4 aromatic rings. The van der Waals surface area contributed by atoms with E-state index in [0.29, 0.717) is 5.56 Å². The van der Waals surface area contributed by atoms with Crippen LogP contribution < -0.4 is 0 Å². The minimum atomic E-state index is -0.758. The Morgan fingerprint density at radius 1 is 0.588 bits per heavy atom. The van der Waals surface area contributed by atoms with Crippen LogP contribution in [0, 0.1) is 41.1 Å².